The van der Waals surface area contributed by atoms with Gasteiger partial charge in [0.1, 0.15) is 0 Å². The molecule has 1 amide bonds. The van der Waals surface area contributed by atoms with Crippen LogP contribution in [-0.4, -0.2) is 52.4 Å². The first-order chi connectivity index (χ1) is 12.4. The minimum absolute atomic E-state index is 0.00635. The summed E-state index contributed by atoms with van der Waals surface area (Å²) in [6.07, 6.45) is 1.13. The smallest absolute Gasteiger partial charge is 0.343 e. The van der Waals surface area contributed by atoms with Gasteiger partial charge in [-0.2, -0.15) is 0 Å². The third-order valence-electron chi connectivity index (χ3n) is 4.12. The van der Waals surface area contributed by atoms with Crippen molar-refractivity contribution in [3.63, 3.8) is 0 Å². The molecule has 1 aromatic heterocycles. The lowest BCUT2D eigenvalue weighted by atomic mass is 10.1. The molecule has 1 aliphatic heterocycles. The Morgan fingerprint density at radius 2 is 2.12 bits per heavy atom. The maximum atomic E-state index is 12.0. The number of hydrogen-bond acceptors (Lipinski definition) is 6. The minimum atomic E-state index is -3.03. The normalized spacial score (nSPS) is 18.7. The van der Waals surface area contributed by atoms with Crippen LogP contribution in [0.1, 0.15) is 12.0 Å². The van der Waals surface area contributed by atoms with Crippen molar-refractivity contribution in [2.45, 2.75) is 30.6 Å². The van der Waals surface area contributed by atoms with Gasteiger partial charge in [-0.25, -0.2) is 18.3 Å². The number of carbonyl (C=O) groups excluding carboxylic acids is 1. The standard InChI is InChI=1S/C16H20N4O4S2/c21-14(17-13-7-9-26(23,24)11-13)10-25-16-19-18-15(22)20(16)8-6-12-4-2-1-3-5-12/h1-5,13H,6-11H2,(H,17,21)(H,18,22)/t13-/m1/s1. The second kappa shape index (κ2) is 8.09. The molecule has 2 heterocycles. The van der Waals surface area contributed by atoms with Crippen LogP contribution in [-0.2, 0) is 27.6 Å². The third-order valence-corrected chi connectivity index (χ3v) is 6.86. The zero-order valence-electron chi connectivity index (χ0n) is 14.1. The van der Waals surface area contributed by atoms with Crippen LogP contribution in [0.4, 0.5) is 0 Å². The zero-order valence-corrected chi connectivity index (χ0v) is 15.7. The van der Waals surface area contributed by atoms with Gasteiger partial charge in [-0.1, -0.05) is 42.1 Å². The quantitative estimate of drug-likeness (QED) is 0.647. The number of nitrogens with zero attached hydrogens (tertiary/aromatic N) is 2. The highest BCUT2D eigenvalue weighted by Crippen LogP contribution is 2.15. The predicted octanol–water partition coefficient (Wildman–Crippen LogP) is 0.209. The van der Waals surface area contributed by atoms with Gasteiger partial charge >= 0.3 is 5.69 Å². The number of amides is 1. The average molecular weight is 396 g/mol. The van der Waals surface area contributed by atoms with E-state index in [1.807, 2.05) is 30.3 Å². The Labute approximate surface area is 155 Å². The Balaban J connectivity index is 1.53. The van der Waals surface area contributed by atoms with Crippen molar-refractivity contribution >= 4 is 27.5 Å². The third kappa shape index (κ3) is 4.98. The molecule has 1 fully saturated rings. The van der Waals surface area contributed by atoms with Crippen LogP contribution in [0, 0.1) is 0 Å². The van der Waals surface area contributed by atoms with Crippen LogP contribution in [0.15, 0.2) is 40.3 Å². The fourth-order valence-corrected chi connectivity index (χ4v) is 5.26. The number of rotatable bonds is 7. The first-order valence-electron chi connectivity index (χ1n) is 8.25. The Kier molecular flexibility index (Phi) is 5.82. The van der Waals surface area contributed by atoms with E-state index in [-0.39, 0.29) is 34.9 Å². The van der Waals surface area contributed by atoms with Gasteiger partial charge < -0.3 is 5.32 Å². The van der Waals surface area contributed by atoms with E-state index in [1.54, 1.807) is 0 Å². The summed E-state index contributed by atoms with van der Waals surface area (Å²) >= 11 is 1.15. The molecule has 2 N–H and O–H groups in total. The number of H-pyrrole nitrogens is 1. The molecule has 140 valence electrons. The summed E-state index contributed by atoms with van der Waals surface area (Å²) in [6, 6.07) is 9.46. The number of sulfone groups is 1. The number of carbonyl (C=O) groups is 1. The average Bonchev–Trinajstić information content (AvgIpc) is 3.13. The summed E-state index contributed by atoms with van der Waals surface area (Å²) in [6.45, 7) is 0.462. The van der Waals surface area contributed by atoms with Crippen molar-refractivity contribution in [2.75, 3.05) is 17.3 Å². The molecule has 0 aliphatic carbocycles. The Morgan fingerprint density at radius 1 is 1.35 bits per heavy atom. The van der Waals surface area contributed by atoms with Crippen molar-refractivity contribution in [2.24, 2.45) is 0 Å². The second-order valence-electron chi connectivity index (χ2n) is 6.15. The van der Waals surface area contributed by atoms with Gasteiger partial charge in [0.15, 0.2) is 15.0 Å². The SMILES string of the molecule is O=C(CSc1n[nH]c(=O)n1CCc1ccccc1)N[C@@H]1CCS(=O)(=O)C1. The topological polar surface area (TPSA) is 114 Å². The van der Waals surface area contributed by atoms with E-state index in [0.717, 1.165) is 17.3 Å². The first kappa shape index (κ1) is 18.7. The molecule has 3 rings (SSSR count). The predicted molar refractivity (Wildman–Crippen MR) is 98.9 cm³/mol. The highest BCUT2D eigenvalue weighted by Gasteiger charge is 2.28. The summed E-state index contributed by atoms with van der Waals surface area (Å²) in [5.74, 6) is -0.0781. The fourth-order valence-electron chi connectivity index (χ4n) is 2.80. The molecule has 0 unspecified atom stereocenters. The Morgan fingerprint density at radius 3 is 2.81 bits per heavy atom. The number of aromatic amines is 1. The largest absolute Gasteiger partial charge is 0.352 e. The maximum absolute atomic E-state index is 12.0. The van der Waals surface area contributed by atoms with Crippen LogP contribution < -0.4 is 11.0 Å². The zero-order chi connectivity index (χ0) is 18.6. The van der Waals surface area contributed by atoms with Crippen molar-refractivity contribution in [1.29, 1.82) is 0 Å². The molecule has 0 radical (unpaired) electrons. The Bertz CT molecular complexity index is 921. The van der Waals surface area contributed by atoms with Gasteiger partial charge in [0.25, 0.3) is 0 Å². The highest BCUT2D eigenvalue weighted by molar-refractivity contribution is 7.99. The molecule has 1 saturated heterocycles. The van der Waals surface area contributed by atoms with Gasteiger partial charge in [-0.3, -0.25) is 9.36 Å². The lowest BCUT2D eigenvalue weighted by Crippen LogP contribution is -2.36. The lowest BCUT2D eigenvalue weighted by molar-refractivity contribution is -0.119. The Hall–Kier alpha value is -2.07. The number of hydrogen-bond donors (Lipinski definition) is 2. The minimum Gasteiger partial charge on any atom is -0.352 e. The van der Waals surface area contributed by atoms with Gasteiger partial charge in [0, 0.05) is 12.6 Å². The molecular weight excluding hydrogens is 376 g/mol. The van der Waals surface area contributed by atoms with Gasteiger partial charge in [0.2, 0.25) is 5.91 Å². The molecule has 0 saturated carbocycles. The molecule has 8 nitrogen and oxygen atoms in total. The first-order valence-corrected chi connectivity index (χ1v) is 11.1. The van der Waals surface area contributed by atoms with Crippen molar-refractivity contribution in [3.05, 3.63) is 46.4 Å². The molecule has 1 atom stereocenters. The molecular formula is C16H20N4O4S2. The summed E-state index contributed by atoms with van der Waals surface area (Å²) in [4.78, 5) is 23.9. The fraction of sp³-hybridized carbons (Fsp3) is 0.438. The van der Waals surface area contributed by atoms with Crippen LogP contribution in [0.2, 0.25) is 0 Å². The van der Waals surface area contributed by atoms with Crippen molar-refractivity contribution in [1.82, 2.24) is 20.1 Å². The van der Waals surface area contributed by atoms with E-state index in [4.69, 9.17) is 0 Å². The molecule has 1 aromatic carbocycles. The van der Waals surface area contributed by atoms with E-state index < -0.39 is 9.84 Å². The molecule has 10 heteroatoms. The second-order valence-corrected chi connectivity index (χ2v) is 9.33. The van der Waals surface area contributed by atoms with E-state index in [0.29, 0.717) is 24.5 Å². The van der Waals surface area contributed by atoms with Crippen LogP contribution in [0.5, 0.6) is 0 Å². The molecule has 1 aliphatic rings. The summed E-state index contributed by atoms with van der Waals surface area (Å²) in [7, 11) is -3.03. The number of aromatic nitrogens is 3. The number of nitrogens with one attached hydrogen (secondary N) is 2. The van der Waals surface area contributed by atoms with Crippen molar-refractivity contribution < 1.29 is 13.2 Å². The van der Waals surface area contributed by atoms with E-state index >= 15 is 0 Å². The molecule has 26 heavy (non-hydrogen) atoms. The summed E-state index contributed by atoms with van der Waals surface area (Å²) < 4.78 is 24.4. The molecule has 0 bridgehead atoms. The number of benzene rings is 1. The number of thioether (sulfide) groups is 1. The monoisotopic (exact) mass is 396 g/mol. The lowest BCUT2D eigenvalue weighted by Gasteiger charge is -2.10. The van der Waals surface area contributed by atoms with E-state index in [2.05, 4.69) is 15.5 Å². The van der Waals surface area contributed by atoms with Crippen LogP contribution >= 0.6 is 11.8 Å². The molecule has 2 aromatic rings. The van der Waals surface area contributed by atoms with Crippen LogP contribution in [0.3, 0.4) is 0 Å². The molecule has 0 spiro atoms. The van der Waals surface area contributed by atoms with E-state index in [1.165, 1.54) is 4.57 Å². The highest BCUT2D eigenvalue weighted by atomic mass is 32.2. The summed E-state index contributed by atoms with van der Waals surface area (Å²) in [5, 5.41) is 9.54. The summed E-state index contributed by atoms with van der Waals surface area (Å²) in [5.41, 5.74) is 0.794. The number of aryl methyl sites for hydroxylation is 1. The van der Waals surface area contributed by atoms with Crippen molar-refractivity contribution in [3.8, 4) is 0 Å². The van der Waals surface area contributed by atoms with Crippen LogP contribution in [0.25, 0.3) is 0 Å². The maximum Gasteiger partial charge on any atom is 0.343 e. The van der Waals surface area contributed by atoms with Gasteiger partial charge in [-0.15, -0.1) is 5.10 Å². The van der Waals surface area contributed by atoms with Gasteiger partial charge in [0.05, 0.1) is 17.3 Å². The van der Waals surface area contributed by atoms with E-state index in [9.17, 15) is 18.0 Å². The van der Waals surface area contributed by atoms with Gasteiger partial charge in [-0.05, 0) is 18.4 Å².